The lowest BCUT2D eigenvalue weighted by atomic mass is 10.1. The summed E-state index contributed by atoms with van der Waals surface area (Å²) in [5, 5.41) is 3.25. The van der Waals surface area contributed by atoms with Gasteiger partial charge in [-0.05, 0) is 47.4 Å². The standard InChI is InChI=1S/C16H17FN2O2S.ClH/c1-11-6-15(4-5-16(11)17)22(20,21)19-8-12-2-3-13-9-18-10-14(13)7-12;/h2-7,18-19H,8-10H2,1H3;1H. The molecular weight excluding hydrogens is 339 g/mol. The maximum absolute atomic E-state index is 13.2. The maximum Gasteiger partial charge on any atom is 0.240 e. The molecule has 3 rings (SSSR count). The first kappa shape index (κ1) is 17.9. The SMILES string of the molecule is Cc1cc(S(=O)(=O)NCc2ccc3c(c2)CNC3)ccc1F.Cl. The molecule has 0 spiro atoms. The van der Waals surface area contributed by atoms with E-state index in [1.54, 1.807) is 6.92 Å². The Hall–Kier alpha value is -1.47. The maximum atomic E-state index is 13.2. The predicted octanol–water partition coefficient (Wildman–Crippen LogP) is 2.64. The van der Waals surface area contributed by atoms with Crippen molar-refractivity contribution in [3.8, 4) is 0 Å². The van der Waals surface area contributed by atoms with Crippen molar-refractivity contribution in [3.05, 3.63) is 64.5 Å². The van der Waals surface area contributed by atoms with E-state index in [-0.39, 0.29) is 23.8 Å². The van der Waals surface area contributed by atoms with Gasteiger partial charge in [-0.3, -0.25) is 0 Å². The quantitative estimate of drug-likeness (QED) is 0.885. The van der Waals surface area contributed by atoms with Crippen LogP contribution in [0.25, 0.3) is 0 Å². The topological polar surface area (TPSA) is 58.2 Å². The van der Waals surface area contributed by atoms with E-state index in [0.717, 1.165) is 18.7 Å². The monoisotopic (exact) mass is 356 g/mol. The lowest BCUT2D eigenvalue weighted by Crippen LogP contribution is -2.23. The second-order valence-electron chi connectivity index (χ2n) is 5.44. The summed E-state index contributed by atoms with van der Waals surface area (Å²) in [6, 6.07) is 9.73. The van der Waals surface area contributed by atoms with E-state index in [9.17, 15) is 12.8 Å². The first-order valence-corrected chi connectivity index (χ1v) is 8.51. The third kappa shape index (κ3) is 3.90. The minimum absolute atomic E-state index is 0. The zero-order chi connectivity index (χ0) is 15.7. The average Bonchev–Trinajstić information content (AvgIpc) is 2.95. The Bertz CT molecular complexity index is 825. The molecule has 2 aromatic rings. The fourth-order valence-electron chi connectivity index (χ4n) is 2.50. The molecule has 23 heavy (non-hydrogen) atoms. The van der Waals surface area contributed by atoms with E-state index in [0.29, 0.717) is 5.56 Å². The molecule has 0 unspecified atom stereocenters. The van der Waals surface area contributed by atoms with E-state index in [4.69, 9.17) is 0 Å². The highest BCUT2D eigenvalue weighted by molar-refractivity contribution is 7.89. The lowest BCUT2D eigenvalue weighted by molar-refractivity contribution is 0.579. The second kappa shape index (κ2) is 6.97. The number of hydrogen-bond donors (Lipinski definition) is 2. The van der Waals surface area contributed by atoms with Crippen LogP contribution in [0.2, 0.25) is 0 Å². The van der Waals surface area contributed by atoms with Crippen molar-refractivity contribution in [2.75, 3.05) is 0 Å². The van der Waals surface area contributed by atoms with Crippen molar-refractivity contribution in [1.29, 1.82) is 0 Å². The largest absolute Gasteiger partial charge is 0.309 e. The summed E-state index contributed by atoms with van der Waals surface area (Å²) in [7, 11) is -3.64. The van der Waals surface area contributed by atoms with Crippen LogP contribution in [0, 0.1) is 12.7 Å². The Morgan fingerprint density at radius 3 is 2.61 bits per heavy atom. The van der Waals surface area contributed by atoms with Crippen molar-refractivity contribution < 1.29 is 12.8 Å². The Balaban J connectivity index is 0.00000192. The number of aryl methyl sites for hydroxylation is 1. The second-order valence-corrected chi connectivity index (χ2v) is 7.21. The minimum Gasteiger partial charge on any atom is -0.309 e. The summed E-state index contributed by atoms with van der Waals surface area (Å²) in [6.07, 6.45) is 0. The zero-order valence-corrected chi connectivity index (χ0v) is 14.2. The molecule has 2 N–H and O–H groups in total. The van der Waals surface area contributed by atoms with Crippen molar-refractivity contribution in [1.82, 2.24) is 10.0 Å². The zero-order valence-electron chi connectivity index (χ0n) is 12.6. The predicted molar refractivity (Wildman–Crippen MR) is 89.4 cm³/mol. The van der Waals surface area contributed by atoms with E-state index < -0.39 is 15.8 Å². The van der Waals surface area contributed by atoms with Crippen LogP contribution < -0.4 is 10.0 Å². The van der Waals surface area contributed by atoms with Gasteiger partial charge in [-0.2, -0.15) is 0 Å². The minimum atomic E-state index is -3.64. The number of hydrogen-bond acceptors (Lipinski definition) is 3. The normalized spacial score (nSPS) is 13.5. The molecule has 0 fully saturated rings. The lowest BCUT2D eigenvalue weighted by Gasteiger charge is -2.09. The van der Waals surface area contributed by atoms with Crippen LogP contribution in [-0.2, 0) is 29.7 Å². The van der Waals surface area contributed by atoms with Crippen molar-refractivity contribution in [2.45, 2.75) is 31.5 Å². The Morgan fingerprint density at radius 2 is 1.87 bits per heavy atom. The molecule has 0 radical (unpaired) electrons. The van der Waals surface area contributed by atoms with Gasteiger partial charge in [0.1, 0.15) is 5.82 Å². The molecular formula is C16H18ClFN2O2S. The number of nitrogens with one attached hydrogen (secondary N) is 2. The van der Waals surface area contributed by atoms with Gasteiger partial charge >= 0.3 is 0 Å². The van der Waals surface area contributed by atoms with Crippen LogP contribution in [-0.4, -0.2) is 8.42 Å². The summed E-state index contributed by atoms with van der Waals surface area (Å²) in [5.41, 5.74) is 3.67. The molecule has 0 amide bonds. The molecule has 0 aliphatic carbocycles. The van der Waals surface area contributed by atoms with Crippen LogP contribution in [0.3, 0.4) is 0 Å². The van der Waals surface area contributed by atoms with E-state index >= 15 is 0 Å². The van der Waals surface area contributed by atoms with Crippen LogP contribution in [0.4, 0.5) is 4.39 Å². The number of rotatable bonds is 4. The molecule has 7 heteroatoms. The number of benzene rings is 2. The van der Waals surface area contributed by atoms with Gasteiger partial charge in [0, 0.05) is 19.6 Å². The van der Waals surface area contributed by atoms with Crippen LogP contribution in [0.5, 0.6) is 0 Å². The molecule has 1 aliphatic heterocycles. The van der Waals surface area contributed by atoms with Gasteiger partial charge in [-0.25, -0.2) is 17.5 Å². The van der Waals surface area contributed by atoms with Gasteiger partial charge in [-0.1, -0.05) is 18.2 Å². The van der Waals surface area contributed by atoms with Gasteiger partial charge in [0.15, 0.2) is 0 Å². The third-order valence-corrected chi connectivity index (χ3v) is 5.21. The number of halogens is 2. The van der Waals surface area contributed by atoms with E-state index in [1.165, 1.54) is 29.3 Å². The molecule has 4 nitrogen and oxygen atoms in total. The third-order valence-electron chi connectivity index (χ3n) is 3.81. The summed E-state index contributed by atoms with van der Waals surface area (Å²) in [4.78, 5) is 0.0780. The molecule has 1 aliphatic rings. The van der Waals surface area contributed by atoms with Gasteiger partial charge in [0.05, 0.1) is 4.90 Å². The Labute approximate surface area is 141 Å². The van der Waals surface area contributed by atoms with E-state index in [1.807, 2.05) is 18.2 Å². The summed E-state index contributed by atoms with van der Waals surface area (Å²) < 4.78 is 40.3. The highest BCUT2D eigenvalue weighted by Gasteiger charge is 2.16. The summed E-state index contributed by atoms with van der Waals surface area (Å²) in [6.45, 7) is 3.43. The van der Waals surface area contributed by atoms with Crippen molar-refractivity contribution >= 4 is 22.4 Å². The Kier molecular flexibility index (Phi) is 5.41. The smallest absolute Gasteiger partial charge is 0.240 e. The van der Waals surface area contributed by atoms with Crippen LogP contribution in [0.15, 0.2) is 41.3 Å². The molecule has 2 aromatic carbocycles. The highest BCUT2D eigenvalue weighted by Crippen LogP contribution is 2.18. The van der Waals surface area contributed by atoms with Crippen molar-refractivity contribution in [2.24, 2.45) is 0 Å². The van der Waals surface area contributed by atoms with Gasteiger partial charge < -0.3 is 5.32 Å². The number of sulfonamides is 1. The van der Waals surface area contributed by atoms with Gasteiger partial charge in [0.2, 0.25) is 10.0 Å². The first-order valence-electron chi connectivity index (χ1n) is 7.03. The molecule has 0 saturated carbocycles. The van der Waals surface area contributed by atoms with E-state index in [2.05, 4.69) is 10.0 Å². The fourth-order valence-corrected chi connectivity index (χ4v) is 3.61. The van der Waals surface area contributed by atoms with Crippen LogP contribution >= 0.6 is 12.4 Å². The van der Waals surface area contributed by atoms with Gasteiger partial charge in [-0.15, -0.1) is 12.4 Å². The molecule has 0 saturated heterocycles. The summed E-state index contributed by atoms with van der Waals surface area (Å²) in [5.74, 6) is -0.412. The number of fused-ring (bicyclic) bond motifs is 1. The Morgan fingerprint density at radius 1 is 1.13 bits per heavy atom. The molecule has 0 aromatic heterocycles. The molecule has 0 atom stereocenters. The molecule has 124 valence electrons. The first-order chi connectivity index (χ1) is 10.5. The fraction of sp³-hybridized carbons (Fsp3) is 0.250. The van der Waals surface area contributed by atoms with Crippen LogP contribution in [0.1, 0.15) is 22.3 Å². The molecule has 1 heterocycles. The van der Waals surface area contributed by atoms with Gasteiger partial charge in [0.25, 0.3) is 0 Å². The van der Waals surface area contributed by atoms with Crippen molar-refractivity contribution in [3.63, 3.8) is 0 Å². The molecule has 0 bridgehead atoms. The average molecular weight is 357 g/mol. The summed E-state index contributed by atoms with van der Waals surface area (Å²) >= 11 is 0. The highest BCUT2D eigenvalue weighted by atomic mass is 35.5.